The summed E-state index contributed by atoms with van der Waals surface area (Å²) < 4.78 is 37.7. The highest BCUT2D eigenvalue weighted by molar-refractivity contribution is 7.20. The van der Waals surface area contributed by atoms with Gasteiger partial charge in [0.1, 0.15) is 10.5 Å². The van der Waals surface area contributed by atoms with Crippen molar-refractivity contribution in [2.24, 2.45) is 0 Å². The minimum atomic E-state index is -4.45. The fourth-order valence-corrected chi connectivity index (χ4v) is 3.94. The molecule has 1 aliphatic heterocycles. The molecule has 0 radical (unpaired) electrons. The van der Waals surface area contributed by atoms with Crippen molar-refractivity contribution in [2.45, 2.75) is 39.9 Å². The van der Waals surface area contributed by atoms with Gasteiger partial charge in [0.25, 0.3) is 5.91 Å². The maximum Gasteiger partial charge on any atom is 0.433 e. The number of carbonyl (C=O) groups is 1. The van der Waals surface area contributed by atoms with Gasteiger partial charge >= 0.3 is 6.18 Å². The zero-order valence-electron chi connectivity index (χ0n) is 17.0. The molecular formula is C20H22F3N5OS. The number of nitrogens with one attached hydrogen (secondary N) is 1. The fraction of sp³-hybridized carbons (Fsp3) is 0.400. The molecule has 160 valence electrons. The molecule has 0 bridgehead atoms. The van der Waals surface area contributed by atoms with Gasteiger partial charge in [0.05, 0.1) is 28.5 Å². The van der Waals surface area contributed by atoms with Crippen LogP contribution >= 0.6 is 11.3 Å². The van der Waals surface area contributed by atoms with Crippen LogP contribution in [0.2, 0.25) is 0 Å². The van der Waals surface area contributed by atoms with E-state index in [9.17, 15) is 18.0 Å². The minimum Gasteiger partial charge on any atom is -0.366 e. The number of alkyl halides is 3. The Morgan fingerprint density at radius 2 is 1.90 bits per heavy atom. The van der Waals surface area contributed by atoms with Crippen molar-refractivity contribution in [1.82, 2.24) is 20.5 Å². The van der Waals surface area contributed by atoms with Gasteiger partial charge in [0.15, 0.2) is 0 Å². The molecule has 1 amide bonds. The van der Waals surface area contributed by atoms with Gasteiger partial charge in [-0.05, 0) is 37.6 Å². The molecule has 4 rings (SSSR count). The van der Waals surface area contributed by atoms with Crippen molar-refractivity contribution in [3.05, 3.63) is 46.2 Å². The Kier molecular flexibility index (Phi) is 6.25. The Balaban J connectivity index is 0.00000124. The molecule has 1 fully saturated rings. The molecule has 3 aromatic heterocycles. The molecule has 3 aromatic rings. The van der Waals surface area contributed by atoms with Crippen LogP contribution in [0, 0.1) is 13.8 Å². The average molecular weight is 437 g/mol. The second-order valence-corrected chi connectivity index (χ2v) is 7.75. The molecule has 4 heterocycles. The van der Waals surface area contributed by atoms with Gasteiger partial charge in [-0.25, -0.2) is 4.98 Å². The SMILES string of the molecule is CC.Cc1nnc2sc(C(=O)NC3CN(c4ccc(C(F)(F)F)nc4)C3)cc2c1C. The van der Waals surface area contributed by atoms with E-state index in [4.69, 9.17) is 0 Å². The van der Waals surface area contributed by atoms with Crippen LogP contribution in [0.15, 0.2) is 24.4 Å². The number of carbonyl (C=O) groups excluding carboxylic acids is 1. The highest BCUT2D eigenvalue weighted by Gasteiger charge is 2.33. The second kappa shape index (κ2) is 8.55. The highest BCUT2D eigenvalue weighted by Crippen LogP contribution is 2.30. The van der Waals surface area contributed by atoms with Crippen molar-refractivity contribution in [1.29, 1.82) is 0 Å². The van der Waals surface area contributed by atoms with E-state index in [-0.39, 0.29) is 11.9 Å². The molecular weight excluding hydrogens is 415 g/mol. The highest BCUT2D eigenvalue weighted by atomic mass is 32.1. The number of nitrogens with zero attached hydrogens (tertiary/aromatic N) is 4. The lowest BCUT2D eigenvalue weighted by Crippen LogP contribution is -2.59. The van der Waals surface area contributed by atoms with Crippen molar-refractivity contribution < 1.29 is 18.0 Å². The predicted octanol–water partition coefficient (Wildman–Crippen LogP) is 4.37. The van der Waals surface area contributed by atoms with Crippen molar-refractivity contribution >= 4 is 33.1 Å². The second-order valence-electron chi connectivity index (χ2n) is 6.71. The number of halogens is 3. The van der Waals surface area contributed by atoms with E-state index in [1.807, 2.05) is 38.7 Å². The first-order chi connectivity index (χ1) is 14.2. The Bertz CT molecular complexity index is 1040. The smallest absolute Gasteiger partial charge is 0.366 e. The topological polar surface area (TPSA) is 71.0 Å². The Morgan fingerprint density at radius 1 is 1.20 bits per heavy atom. The third-order valence-corrected chi connectivity index (χ3v) is 5.81. The summed E-state index contributed by atoms with van der Waals surface area (Å²) in [6, 6.07) is 4.10. The van der Waals surface area contributed by atoms with Crippen LogP contribution in [-0.2, 0) is 6.18 Å². The van der Waals surface area contributed by atoms with Crippen LogP contribution < -0.4 is 10.2 Å². The van der Waals surface area contributed by atoms with E-state index in [0.717, 1.165) is 27.5 Å². The fourth-order valence-electron chi connectivity index (χ4n) is 3.00. The largest absolute Gasteiger partial charge is 0.433 e. The number of fused-ring (bicyclic) bond motifs is 1. The number of hydrogen-bond donors (Lipinski definition) is 1. The van der Waals surface area contributed by atoms with Gasteiger partial charge in [-0.2, -0.15) is 18.3 Å². The predicted molar refractivity (Wildman–Crippen MR) is 111 cm³/mol. The number of anilines is 1. The van der Waals surface area contributed by atoms with Crippen LogP contribution in [0.1, 0.15) is 40.5 Å². The number of rotatable bonds is 3. The third-order valence-electron chi connectivity index (χ3n) is 4.79. The Hall–Kier alpha value is -2.75. The Morgan fingerprint density at radius 3 is 2.50 bits per heavy atom. The number of thiophene rings is 1. The molecule has 10 heteroatoms. The van der Waals surface area contributed by atoms with Gasteiger partial charge in [-0.15, -0.1) is 16.4 Å². The van der Waals surface area contributed by atoms with Crippen molar-refractivity contribution in [3.8, 4) is 0 Å². The first-order valence-electron chi connectivity index (χ1n) is 9.55. The number of hydrogen-bond acceptors (Lipinski definition) is 6. The average Bonchev–Trinajstić information content (AvgIpc) is 3.13. The first-order valence-corrected chi connectivity index (χ1v) is 10.4. The van der Waals surface area contributed by atoms with E-state index in [1.54, 1.807) is 0 Å². The van der Waals surface area contributed by atoms with E-state index in [2.05, 4.69) is 20.5 Å². The van der Waals surface area contributed by atoms with Gasteiger partial charge in [0.2, 0.25) is 0 Å². The molecule has 0 unspecified atom stereocenters. The summed E-state index contributed by atoms with van der Waals surface area (Å²) in [7, 11) is 0. The zero-order chi connectivity index (χ0) is 22.1. The summed E-state index contributed by atoms with van der Waals surface area (Å²) in [6.07, 6.45) is -3.24. The van der Waals surface area contributed by atoms with Crippen molar-refractivity contribution in [3.63, 3.8) is 0 Å². The zero-order valence-corrected chi connectivity index (χ0v) is 17.9. The lowest BCUT2D eigenvalue weighted by atomic mass is 10.1. The quantitative estimate of drug-likeness (QED) is 0.659. The lowest BCUT2D eigenvalue weighted by molar-refractivity contribution is -0.141. The summed E-state index contributed by atoms with van der Waals surface area (Å²) in [5, 5.41) is 12.1. The molecule has 0 saturated carbocycles. The summed E-state index contributed by atoms with van der Waals surface area (Å²) in [5.74, 6) is -0.185. The van der Waals surface area contributed by atoms with Crippen LogP contribution in [0.25, 0.3) is 10.2 Å². The molecule has 1 saturated heterocycles. The standard InChI is InChI=1S/C18H16F3N5OS.C2H6/c1-9-10(2)24-25-17-13(9)5-14(28-17)16(27)23-11-7-26(8-11)12-3-4-15(22-6-12)18(19,20)21;1-2/h3-6,11H,7-8H2,1-2H3,(H,23,27);1-2H3. The van der Waals surface area contributed by atoms with Crippen LogP contribution in [0.5, 0.6) is 0 Å². The van der Waals surface area contributed by atoms with Gasteiger partial charge < -0.3 is 10.2 Å². The number of aromatic nitrogens is 3. The molecule has 0 spiro atoms. The maximum absolute atomic E-state index is 12.6. The van der Waals surface area contributed by atoms with E-state index < -0.39 is 11.9 Å². The molecule has 0 atom stereocenters. The summed E-state index contributed by atoms with van der Waals surface area (Å²) >= 11 is 1.29. The van der Waals surface area contributed by atoms with E-state index in [1.165, 1.54) is 23.6 Å². The molecule has 1 N–H and O–H groups in total. The van der Waals surface area contributed by atoms with Crippen LogP contribution in [-0.4, -0.2) is 40.2 Å². The summed E-state index contributed by atoms with van der Waals surface area (Å²) in [6.45, 7) is 8.85. The summed E-state index contributed by atoms with van der Waals surface area (Å²) in [5.41, 5.74) is 1.52. The molecule has 30 heavy (non-hydrogen) atoms. The number of pyridine rings is 1. The maximum atomic E-state index is 12.6. The van der Waals surface area contributed by atoms with E-state index >= 15 is 0 Å². The first kappa shape index (κ1) is 21.9. The molecule has 6 nitrogen and oxygen atoms in total. The van der Waals surface area contributed by atoms with Crippen molar-refractivity contribution in [2.75, 3.05) is 18.0 Å². The summed E-state index contributed by atoms with van der Waals surface area (Å²) in [4.78, 5) is 19.1. The lowest BCUT2D eigenvalue weighted by Gasteiger charge is -2.41. The van der Waals surface area contributed by atoms with Crippen LogP contribution in [0.3, 0.4) is 0 Å². The van der Waals surface area contributed by atoms with Gasteiger partial charge in [-0.3, -0.25) is 4.79 Å². The number of amides is 1. The monoisotopic (exact) mass is 437 g/mol. The Labute approximate surface area is 176 Å². The normalized spacial score (nSPS) is 14.2. The van der Waals surface area contributed by atoms with Gasteiger partial charge in [0, 0.05) is 18.5 Å². The van der Waals surface area contributed by atoms with Gasteiger partial charge in [-0.1, -0.05) is 13.8 Å². The minimum absolute atomic E-state index is 0.0751. The van der Waals surface area contributed by atoms with E-state index in [0.29, 0.717) is 23.7 Å². The molecule has 0 aliphatic carbocycles. The number of aryl methyl sites for hydroxylation is 2. The molecule has 1 aliphatic rings. The third kappa shape index (κ3) is 4.38. The molecule has 0 aromatic carbocycles. The van der Waals surface area contributed by atoms with Crippen LogP contribution in [0.4, 0.5) is 18.9 Å².